The minimum Gasteiger partial charge on any atom is -0.462 e. The number of hydrogen-bond acceptors (Lipinski definition) is 2. The van der Waals surface area contributed by atoms with Crippen LogP contribution in [0.4, 0.5) is 0 Å². The van der Waals surface area contributed by atoms with Gasteiger partial charge in [-0.15, -0.1) is 0 Å². The van der Waals surface area contributed by atoms with Crippen LogP contribution in [0.2, 0.25) is 0 Å². The van der Waals surface area contributed by atoms with Gasteiger partial charge in [0.2, 0.25) is 0 Å². The van der Waals surface area contributed by atoms with E-state index in [0.717, 1.165) is 19.3 Å². The van der Waals surface area contributed by atoms with Gasteiger partial charge in [-0.05, 0) is 12.8 Å². The molecular weight excluding hydrogens is 188 g/mol. The highest BCUT2D eigenvalue weighted by molar-refractivity contribution is 5.66. The monoisotopic (exact) mass is 210 g/mol. The summed E-state index contributed by atoms with van der Waals surface area (Å²) in [6, 6.07) is 0. The maximum atomic E-state index is 10.9. The van der Waals surface area contributed by atoms with Crippen LogP contribution < -0.4 is 0 Å². The van der Waals surface area contributed by atoms with E-state index < -0.39 is 0 Å². The fraction of sp³-hybridized carbons (Fsp3) is 0.615. The van der Waals surface area contributed by atoms with E-state index in [9.17, 15) is 4.79 Å². The highest BCUT2D eigenvalue weighted by Crippen LogP contribution is 2.11. The predicted molar refractivity (Wildman–Crippen MR) is 63.7 cm³/mol. The summed E-state index contributed by atoms with van der Waals surface area (Å²) in [6.07, 6.45) is 10.9. The lowest BCUT2D eigenvalue weighted by Crippen LogP contribution is -2.15. The second kappa shape index (κ2) is 9.50. The number of esters is 1. The first-order valence-corrected chi connectivity index (χ1v) is 5.65. The summed E-state index contributed by atoms with van der Waals surface area (Å²) in [5.41, 5.74) is 0. The summed E-state index contributed by atoms with van der Waals surface area (Å²) in [7, 11) is 0. The summed E-state index contributed by atoms with van der Waals surface area (Å²) >= 11 is 0. The van der Waals surface area contributed by atoms with Crippen LogP contribution in [0.1, 0.15) is 46.0 Å². The zero-order chi connectivity index (χ0) is 11.5. The zero-order valence-electron chi connectivity index (χ0n) is 9.87. The second-order valence-electron chi connectivity index (χ2n) is 3.63. The summed E-state index contributed by atoms with van der Waals surface area (Å²) in [5, 5.41) is 0. The van der Waals surface area contributed by atoms with Crippen molar-refractivity contribution < 1.29 is 9.53 Å². The first-order valence-electron chi connectivity index (χ1n) is 5.65. The molecule has 0 aromatic rings. The molecule has 0 rings (SSSR count). The predicted octanol–water partition coefficient (Wildman–Crippen LogP) is 3.63. The molecule has 0 saturated carbocycles. The normalized spacial score (nSPS) is 12.7. The SMILES string of the molecule is C=CC=CCC(CCCCC)OC(C)=O. The topological polar surface area (TPSA) is 26.3 Å². The molecule has 0 amide bonds. The fourth-order valence-corrected chi connectivity index (χ4v) is 1.41. The van der Waals surface area contributed by atoms with Crippen LogP contribution in [-0.4, -0.2) is 12.1 Å². The van der Waals surface area contributed by atoms with Gasteiger partial charge in [-0.2, -0.15) is 0 Å². The molecule has 0 N–H and O–H groups in total. The van der Waals surface area contributed by atoms with Gasteiger partial charge in [0, 0.05) is 13.3 Å². The van der Waals surface area contributed by atoms with Crippen molar-refractivity contribution >= 4 is 5.97 Å². The molecule has 0 radical (unpaired) electrons. The van der Waals surface area contributed by atoms with E-state index in [-0.39, 0.29) is 12.1 Å². The van der Waals surface area contributed by atoms with Crippen LogP contribution in [0.25, 0.3) is 0 Å². The smallest absolute Gasteiger partial charge is 0.302 e. The van der Waals surface area contributed by atoms with Crippen LogP contribution in [0.15, 0.2) is 24.8 Å². The van der Waals surface area contributed by atoms with Crippen molar-refractivity contribution in [3.05, 3.63) is 24.8 Å². The van der Waals surface area contributed by atoms with Crippen molar-refractivity contribution in [1.29, 1.82) is 0 Å². The Morgan fingerprint density at radius 3 is 2.73 bits per heavy atom. The third-order valence-electron chi connectivity index (χ3n) is 2.13. The molecule has 0 bridgehead atoms. The minimum absolute atomic E-state index is 0.0326. The molecule has 0 spiro atoms. The fourth-order valence-electron chi connectivity index (χ4n) is 1.41. The van der Waals surface area contributed by atoms with E-state index in [1.165, 1.54) is 19.8 Å². The summed E-state index contributed by atoms with van der Waals surface area (Å²) < 4.78 is 5.22. The van der Waals surface area contributed by atoms with E-state index >= 15 is 0 Å². The maximum Gasteiger partial charge on any atom is 0.302 e. The van der Waals surface area contributed by atoms with E-state index in [0.29, 0.717) is 0 Å². The van der Waals surface area contributed by atoms with E-state index in [1.807, 2.05) is 12.2 Å². The molecule has 1 atom stereocenters. The Morgan fingerprint density at radius 2 is 2.20 bits per heavy atom. The molecule has 0 aromatic heterocycles. The lowest BCUT2D eigenvalue weighted by molar-refractivity contribution is -0.146. The molecule has 0 fully saturated rings. The third kappa shape index (κ3) is 9.26. The van der Waals surface area contributed by atoms with Crippen LogP contribution in [0.5, 0.6) is 0 Å². The lowest BCUT2D eigenvalue weighted by Gasteiger charge is -2.14. The van der Waals surface area contributed by atoms with Gasteiger partial charge in [-0.3, -0.25) is 4.79 Å². The zero-order valence-corrected chi connectivity index (χ0v) is 9.87. The second-order valence-corrected chi connectivity index (χ2v) is 3.63. The van der Waals surface area contributed by atoms with Crippen LogP contribution in [-0.2, 0) is 9.53 Å². The Bertz CT molecular complexity index is 207. The van der Waals surface area contributed by atoms with Gasteiger partial charge in [0.15, 0.2) is 0 Å². The quantitative estimate of drug-likeness (QED) is 0.347. The minimum atomic E-state index is -0.191. The standard InChI is InChI=1S/C13H22O2/c1-4-6-8-10-13(15-12(3)14)11-9-7-5-2/h4,6,8,13H,1,5,7,9-11H2,2-3H3. The van der Waals surface area contributed by atoms with Crippen molar-refractivity contribution in [2.45, 2.75) is 52.1 Å². The molecule has 86 valence electrons. The number of rotatable bonds is 8. The maximum absolute atomic E-state index is 10.9. The molecule has 2 heteroatoms. The van der Waals surface area contributed by atoms with Gasteiger partial charge < -0.3 is 4.74 Å². The Morgan fingerprint density at radius 1 is 1.47 bits per heavy atom. The molecule has 0 aliphatic rings. The molecule has 1 unspecified atom stereocenters. The summed E-state index contributed by atoms with van der Waals surface area (Å²) in [4.78, 5) is 10.9. The number of hydrogen-bond donors (Lipinski definition) is 0. The molecule has 0 aliphatic heterocycles. The van der Waals surface area contributed by atoms with Gasteiger partial charge >= 0.3 is 5.97 Å². The van der Waals surface area contributed by atoms with Crippen molar-refractivity contribution in [1.82, 2.24) is 0 Å². The molecule has 15 heavy (non-hydrogen) atoms. The van der Waals surface area contributed by atoms with E-state index in [4.69, 9.17) is 4.74 Å². The van der Waals surface area contributed by atoms with Crippen LogP contribution in [0.3, 0.4) is 0 Å². The Hall–Kier alpha value is -1.05. The Labute approximate surface area is 93.0 Å². The van der Waals surface area contributed by atoms with E-state index in [2.05, 4.69) is 13.5 Å². The first-order chi connectivity index (χ1) is 7.20. The average molecular weight is 210 g/mol. The van der Waals surface area contributed by atoms with Gasteiger partial charge in [-0.1, -0.05) is 44.6 Å². The van der Waals surface area contributed by atoms with Gasteiger partial charge in [0.25, 0.3) is 0 Å². The van der Waals surface area contributed by atoms with Crippen molar-refractivity contribution in [3.63, 3.8) is 0 Å². The molecule has 0 aromatic carbocycles. The molecular formula is C13H22O2. The highest BCUT2D eigenvalue weighted by atomic mass is 16.5. The summed E-state index contributed by atoms with van der Waals surface area (Å²) in [5.74, 6) is -0.191. The number of ether oxygens (including phenoxy) is 1. The number of carbonyl (C=O) groups is 1. The Kier molecular flexibility index (Phi) is 8.84. The number of unbranched alkanes of at least 4 members (excludes halogenated alkanes) is 2. The molecule has 0 heterocycles. The van der Waals surface area contributed by atoms with Gasteiger partial charge in [-0.25, -0.2) is 0 Å². The highest BCUT2D eigenvalue weighted by Gasteiger charge is 2.09. The summed E-state index contributed by atoms with van der Waals surface area (Å²) in [6.45, 7) is 7.23. The number of allylic oxidation sites excluding steroid dienone is 2. The van der Waals surface area contributed by atoms with Crippen molar-refractivity contribution in [3.8, 4) is 0 Å². The third-order valence-corrected chi connectivity index (χ3v) is 2.13. The Balaban J connectivity index is 3.88. The van der Waals surface area contributed by atoms with Crippen LogP contribution >= 0.6 is 0 Å². The van der Waals surface area contributed by atoms with Gasteiger partial charge in [0.05, 0.1) is 0 Å². The lowest BCUT2D eigenvalue weighted by atomic mass is 10.1. The van der Waals surface area contributed by atoms with E-state index in [1.54, 1.807) is 6.08 Å². The largest absolute Gasteiger partial charge is 0.462 e. The molecule has 0 aliphatic carbocycles. The average Bonchev–Trinajstić information content (AvgIpc) is 2.17. The van der Waals surface area contributed by atoms with Crippen molar-refractivity contribution in [2.75, 3.05) is 0 Å². The number of carbonyl (C=O) groups excluding carboxylic acids is 1. The van der Waals surface area contributed by atoms with Crippen molar-refractivity contribution in [2.24, 2.45) is 0 Å². The van der Waals surface area contributed by atoms with Crippen LogP contribution in [0, 0.1) is 0 Å². The van der Waals surface area contributed by atoms with Gasteiger partial charge in [0.1, 0.15) is 6.10 Å². The molecule has 2 nitrogen and oxygen atoms in total. The first kappa shape index (κ1) is 13.9. The molecule has 0 saturated heterocycles.